The highest BCUT2D eigenvalue weighted by molar-refractivity contribution is 5.92. The predicted molar refractivity (Wildman–Crippen MR) is 117 cm³/mol. The Morgan fingerprint density at radius 3 is 2.70 bits per heavy atom. The number of benzene rings is 1. The molecule has 1 saturated heterocycles. The molecule has 0 saturated carbocycles. The lowest BCUT2D eigenvalue weighted by atomic mass is 10.1. The fourth-order valence-electron chi connectivity index (χ4n) is 4.02. The molecule has 33 heavy (non-hydrogen) atoms. The zero-order valence-electron chi connectivity index (χ0n) is 18.1. The fraction of sp³-hybridized carbons (Fsp3) is 0.348. The minimum absolute atomic E-state index is 0.0622. The van der Waals surface area contributed by atoms with Crippen LogP contribution in [0.3, 0.4) is 0 Å². The van der Waals surface area contributed by atoms with Gasteiger partial charge in [-0.25, -0.2) is 9.37 Å². The molecule has 10 heteroatoms. The minimum Gasteiger partial charge on any atom is -0.504 e. The topological polar surface area (TPSA) is 108 Å². The number of fused-ring (bicyclic) bond motifs is 3. The van der Waals surface area contributed by atoms with Crippen molar-refractivity contribution in [3.8, 4) is 11.5 Å². The van der Waals surface area contributed by atoms with Gasteiger partial charge in [-0.3, -0.25) is 14.5 Å². The van der Waals surface area contributed by atoms with Gasteiger partial charge in [-0.2, -0.15) is 4.39 Å². The number of likely N-dealkylation sites (tertiary alicyclic amines) is 1. The third-order valence-electron chi connectivity index (χ3n) is 5.73. The Bertz CT molecular complexity index is 1260. The maximum atomic E-state index is 14.7. The number of hydrogen-bond donors (Lipinski definition) is 3. The lowest BCUT2D eigenvalue weighted by Gasteiger charge is -2.16. The summed E-state index contributed by atoms with van der Waals surface area (Å²) in [4.78, 5) is 31.0. The number of aromatic hydroxyl groups is 1. The molecule has 0 atom stereocenters. The van der Waals surface area contributed by atoms with Gasteiger partial charge in [0.2, 0.25) is 0 Å². The first-order chi connectivity index (χ1) is 15.9. The minimum atomic E-state index is -1.05. The number of ether oxygens (including phenoxy) is 1. The number of aromatic nitrogens is 2. The van der Waals surface area contributed by atoms with E-state index in [9.17, 15) is 18.4 Å². The Labute approximate surface area is 188 Å². The predicted octanol–water partition coefficient (Wildman–Crippen LogP) is 2.48. The highest BCUT2D eigenvalue weighted by Crippen LogP contribution is 2.32. The zero-order chi connectivity index (χ0) is 23.5. The Morgan fingerprint density at radius 2 is 2.00 bits per heavy atom. The molecule has 0 radical (unpaired) electrons. The second kappa shape index (κ2) is 9.53. The monoisotopic (exact) mass is 458 g/mol. The molecule has 3 aromatic rings. The molecule has 5 rings (SSSR count). The van der Waals surface area contributed by atoms with Crippen LogP contribution >= 0.6 is 0 Å². The maximum absolute atomic E-state index is 14.7. The summed E-state index contributed by atoms with van der Waals surface area (Å²) in [5.41, 5.74) is 1.25. The average molecular weight is 458 g/mol. The van der Waals surface area contributed by atoms with Gasteiger partial charge >= 0.3 is 0 Å². The van der Waals surface area contributed by atoms with Gasteiger partial charge in [-0.05, 0) is 44.1 Å². The Morgan fingerprint density at radius 1 is 1.24 bits per heavy atom. The van der Waals surface area contributed by atoms with Gasteiger partial charge in [-0.1, -0.05) is 6.07 Å². The van der Waals surface area contributed by atoms with Gasteiger partial charge in [0.15, 0.2) is 11.6 Å². The lowest BCUT2D eigenvalue weighted by Crippen LogP contribution is -2.19. The van der Waals surface area contributed by atoms with E-state index in [1.54, 1.807) is 0 Å². The molecule has 0 bridgehead atoms. The van der Waals surface area contributed by atoms with Gasteiger partial charge in [0.25, 0.3) is 17.4 Å². The van der Waals surface area contributed by atoms with Crippen LogP contribution in [0.1, 0.15) is 34.5 Å². The number of hydrogen-bond acceptors (Lipinski definition) is 6. The molecular formula is C23H24F2N4O4. The number of H-pyrrole nitrogens is 1. The zero-order valence-corrected chi connectivity index (χ0v) is 18.1. The first-order valence-corrected chi connectivity index (χ1v) is 10.7. The van der Waals surface area contributed by atoms with Crippen molar-refractivity contribution in [2.45, 2.75) is 25.8 Å². The number of carbonyl (C=O) groups is 1. The van der Waals surface area contributed by atoms with Crippen molar-refractivity contribution in [2.75, 3.05) is 26.7 Å². The summed E-state index contributed by atoms with van der Waals surface area (Å²) in [5, 5.41) is 11.7. The van der Waals surface area contributed by atoms with Crippen LogP contribution in [0, 0.1) is 11.8 Å². The van der Waals surface area contributed by atoms with E-state index in [2.05, 4.69) is 20.2 Å². The van der Waals surface area contributed by atoms with Gasteiger partial charge in [0.1, 0.15) is 11.4 Å². The third kappa shape index (κ3) is 4.65. The van der Waals surface area contributed by atoms with Gasteiger partial charge in [-0.15, -0.1) is 0 Å². The Hall–Kier alpha value is -3.53. The van der Waals surface area contributed by atoms with Crippen molar-refractivity contribution < 1.29 is 23.4 Å². The van der Waals surface area contributed by atoms with Crippen molar-refractivity contribution in [3.63, 3.8) is 0 Å². The molecule has 1 fully saturated rings. The Kier molecular flexibility index (Phi) is 6.55. The second-order valence-corrected chi connectivity index (χ2v) is 7.89. The summed E-state index contributed by atoms with van der Waals surface area (Å²) in [6, 6.07) is 5.99. The SMILES string of the molecule is CNC(=O)c1ccc(O)c(F)n1.O=c1[nH]c2c(F)c(CN3CCCC3)ccc2c2c1CCO2. The van der Waals surface area contributed by atoms with Crippen LogP contribution in [0.25, 0.3) is 10.9 Å². The summed E-state index contributed by atoms with van der Waals surface area (Å²) in [6.07, 6.45) is 2.94. The van der Waals surface area contributed by atoms with E-state index >= 15 is 0 Å². The molecule has 1 aromatic carbocycles. The molecule has 3 N–H and O–H groups in total. The van der Waals surface area contributed by atoms with Crippen LogP contribution in [0.2, 0.25) is 0 Å². The van der Waals surface area contributed by atoms with Crippen LogP contribution in [-0.2, 0) is 13.0 Å². The molecule has 2 aliphatic heterocycles. The van der Waals surface area contributed by atoms with E-state index < -0.39 is 17.6 Å². The lowest BCUT2D eigenvalue weighted by molar-refractivity contribution is 0.0957. The number of amides is 1. The maximum Gasteiger partial charge on any atom is 0.269 e. The molecule has 1 amide bonds. The van der Waals surface area contributed by atoms with Gasteiger partial charge in [0, 0.05) is 31.0 Å². The molecule has 0 spiro atoms. The summed E-state index contributed by atoms with van der Waals surface area (Å²) < 4.78 is 32.8. The molecule has 2 aliphatic rings. The van der Waals surface area contributed by atoms with E-state index in [1.165, 1.54) is 26.0 Å². The van der Waals surface area contributed by atoms with Crippen LogP contribution in [0.4, 0.5) is 8.78 Å². The van der Waals surface area contributed by atoms with Crippen LogP contribution in [-0.4, -0.2) is 52.6 Å². The van der Waals surface area contributed by atoms with E-state index in [-0.39, 0.29) is 22.6 Å². The quantitative estimate of drug-likeness (QED) is 0.521. The van der Waals surface area contributed by atoms with Crippen molar-refractivity contribution in [2.24, 2.45) is 0 Å². The summed E-state index contributed by atoms with van der Waals surface area (Å²) in [7, 11) is 1.41. The van der Waals surface area contributed by atoms with E-state index in [4.69, 9.17) is 9.84 Å². The standard InChI is InChI=1S/C16H17FN2O2.C7H7FN2O2/c17-13-10(9-19-6-1-2-7-19)3-4-11-14(13)18-16(20)12-5-8-21-15(11)12;1-9-7(12)4-2-3-5(11)6(8)10-4/h3-4H,1-2,5-9H2,(H,18,20);2-3,11H,1H3,(H,9,12). The molecule has 174 valence electrons. The van der Waals surface area contributed by atoms with Gasteiger partial charge in [0.05, 0.1) is 17.7 Å². The number of halogens is 2. The second-order valence-electron chi connectivity index (χ2n) is 7.89. The van der Waals surface area contributed by atoms with E-state index in [0.29, 0.717) is 41.8 Å². The number of rotatable bonds is 3. The number of nitrogens with zero attached hydrogens (tertiary/aromatic N) is 2. The van der Waals surface area contributed by atoms with Crippen molar-refractivity contribution in [3.05, 3.63) is 63.2 Å². The molecule has 8 nitrogen and oxygen atoms in total. The van der Waals surface area contributed by atoms with Crippen molar-refractivity contribution in [1.29, 1.82) is 0 Å². The third-order valence-corrected chi connectivity index (χ3v) is 5.73. The van der Waals surface area contributed by atoms with Gasteiger partial charge < -0.3 is 20.1 Å². The van der Waals surface area contributed by atoms with E-state index in [0.717, 1.165) is 19.2 Å². The number of nitrogens with one attached hydrogen (secondary N) is 2. The van der Waals surface area contributed by atoms with Crippen molar-refractivity contribution in [1.82, 2.24) is 20.2 Å². The molecule has 4 heterocycles. The van der Waals surface area contributed by atoms with Crippen LogP contribution in [0.15, 0.2) is 29.1 Å². The smallest absolute Gasteiger partial charge is 0.269 e. The van der Waals surface area contributed by atoms with E-state index in [1.807, 2.05) is 12.1 Å². The Balaban J connectivity index is 0.000000185. The fourth-order valence-corrected chi connectivity index (χ4v) is 4.02. The summed E-state index contributed by atoms with van der Waals surface area (Å²) in [5.74, 6) is -1.87. The number of aromatic amines is 1. The first-order valence-electron chi connectivity index (χ1n) is 10.7. The molecule has 0 unspecified atom stereocenters. The average Bonchev–Trinajstić information content (AvgIpc) is 3.51. The summed E-state index contributed by atoms with van der Waals surface area (Å²) in [6.45, 7) is 3.12. The highest BCUT2D eigenvalue weighted by atomic mass is 19.1. The first kappa shape index (κ1) is 22.7. The normalized spacial score (nSPS) is 15.0. The molecule has 0 aliphatic carbocycles. The van der Waals surface area contributed by atoms with Crippen molar-refractivity contribution >= 4 is 16.8 Å². The highest BCUT2D eigenvalue weighted by Gasteiger charge is 2.23. The number of pyridine rings is 2. The molecule has 2 aromatic heterocycles. The van der Waals surface area contributed by atoms with Crippen LogP contribution in [0.5, 0.6) is 11.5 Å². The molecular weight excluding hydrogens is 434 g/mol. The van der Waals surface area contributed by atoms with Crippen LogP contribution < -0.4 is 15.6 Å². The largest absolute Gasteiger partial charge is 0.504 e. The summed E-state index contributed by atoms with van der Waals surface area (Å²) >= 11 is 0. The number of carbonyl (C=O) groups excluding carboxylic acids is 1.